The lowest BCUT2D eigenvalue weighted by molar-refractivity contribution is -0.126. The highest BCUT2D eigenvalue weighted by Crippen LogP contribution is 2.16. The van der Waals surface area contributed by atoms with Gasteiger partial charge in [-0.1, -0.05) is 51.5 Å². The van der Waals surface area contributed by atoms with Gasteiger partial charge in [0.05, 0.1) is 5.54 Å². The summed E-state index contributed by atoms with van der Waals surface area (Å²) >= 11 is 0. The van der Waals surface area contributed by atoms with Gasteiger partial charge in [-0.2, -0.15) is 0 Å². The van der Waals surface area contributed by atoms with Crippen LogP contribution in [0.15, 0.2) is 24.3 Å². The molecule has 0 aliphatic heterocycles. The van der Waals surface area contributed by atoms with Gasteiger partial charge in [0.15, 0.2) is 0 Å². The number of rotatable bonds is 7. The van der Waals surface area contributed by atoms with E-state index in [2.05, 4.69) is 43.4 Å². The summed E-state index contributed by atoms with van der Waals surface area (Å²) in [4.78, 5) is 12.2. The van der Waals surface area contributed by atoms with Crippen LogP contribution in [-0.2, 0) is 11.2 Å². The maximum absolute atomic E-state index is 12.2. The van der Waals surface area contributed by atoms with Crippen LogP contribution in [0.3, 0.4) is 0 Å². The molecule has 3 N–H and O–H groups in total. The molecule has 1 amide bonds. The fraction of sp³-hybridized carbons (Fsp3) is 0.611. The summed E-state index contributed by atoms with van der Waals surface area (Å²) in [6.07, 6.45) is 2.44. The van der Waals surface area contributed by atoms with Crippen molar-refractivity contribution in [2.75, 3.05) is 0 Å². The van der Waals surface area contributed by atoms with Crippen LogP contribution in [0.25, 0.3) is 0 Å². The van der Waals surface area contributed by atoms with E-state index in [9.17, 15) is 4.79 Å². The van der Waals surface area contributed by atoms with Gasteiger partial charge in [0.25, 0.3) is 0 Å². The number of benzene rings is 1. The maximum Gasteiger partial charge on any atom is 0.240 e. The lowest BCUT2D eigenvalue weighted by atomic mass is 9.95. The minimum Gasteiger partial charge on any atom is -0.352 e. The van der Waals surface area contributed by atoms with Gasteiger partial charge in [0.1, 0.15) is 0 Å². The van der Waals surface area contributed by atoms with E-state index in [1.807, 2.05) is 13.8 Å². The molecule has 118 valence electrons. The third kappa shape index (κ3) is 5.50. The molecule has 0 heterocycles. The molecule has 0 spiro atoms. The Balaban J connectivity index is 2.57. The lowest BCUT2D eigenvalue weighted by Gasteiger charge is -2.25. The average Bonchev–Trinajstić information content (AvgIpc) is 2.38. The van der Waals surface area contributed by atoms with Crippen LogP contribution < -0.4 is 11.1 Å². The highest BCUT2D eigenvalue weighted by molar-refractivity contribution is 5.85. The topological polar surface area (TPSA) is 55.1 Å². The molecular weight excluding hydrogens is 260 g/mol. The SMILES string of the molecule is CCCC(C)(N)C(=O)NC(C)Cc1ccc(C(C)C)cc1. The first-order valence-corrected chi connectivity index (χ1v) is 7.95. The fourth-order valence-electron chi connectivity index (χ4n) is 2.46. The quantitative estimate of drug-likeness (QED) is 0.809. The third-order valence-electron chi connectivity index (χ3n) is 3.85. The molecule has 2 unspecified atom stereocenters. The van der Waals surface area contributed by atoms with Gasteiger partial charge in [-0.3, -0.25) is 4.79 Å². The molecule has 1 aromatic carbocycles. The van der Waals surface area contributed by atoms with Crippen LogP contribution in [0.1, 0.15) is 64.5 Å². The number of carbonyl (C=O) groups excluding carboxylic acids is 1. The minimum absolute atomic E-state index is 0.0596. The standard InChI is InChI=1S/C18H30N2O/c1-6-11-18(5,19)17(21)20-14(4)12-15-7-9-16(10-8-15)13(2)3/h7-10,13-14H,6,11-12,19H2,1-5H3,(H,20,21). The molecule has 0 fully saturated rings. The number of nitrogens with two attached hydrogens (primary N) is 1. The van der Waals surface area contributed by atoms with Gasteiger partial charge in [-0.05, 0) is 43.7 Å². The first-order chi connectivity index (χ1) is 9.76. The van der Waals surface area contributed by atoms with Crippen LogP contribution in [0, 0.1) is 0 Å². The van der Waals surface area contributed by atoms with E-state index in [1.165, 1.54) is 11.1 Å². The average molecular weight is 290 g/mol. The molecule has 0 aliphatic carbocycles. The number of nitrogens with one attached hydrogen (secondary N) is 1. The first kappa shape index (κ1) is 17.7. The van der Waals surface area contributed by atoms with E-state index < -0.39 is 5.54 Å². The zero-order valence-electron chi connectivity index (χ0n) is 14.1. The highest BCUT2D eigenvalue weighted by atomic mass is 16.2. The van der Waals surface area contributed by atoms with Crippen LogP contribution in [-0.4, -0.2) is 17.5 Å². The zero-order valence-corrected chi connectivity index (χ0v) is 14.1. The summed E-state index contributed by atoms with van der Waals surface area (Å²) in [5.41, 5.74) is 7.86. The van der Waals surface area contributed by atoms with Gasteiger partial charge in [0, 0.05) is 6.04 Å². The summed E-state index contributed by atoms with van der Waals surface area (Å²) in [6.45, 7) is 10.2. The first-order valence-electron chi connectivity index (χ1n) is 7.95. The van der Waals surface area contributed by atoms with Crippen molar-refractivity contribution in [3.63, 3.8) is 0 Å². The normalized spacial score (nSPS) is 15.6. The zero-order chi connectivity index (χ0) is 16.0. The molecule has 1 aromatic rings. The summed E-state index contributed by atoms with van der Waals surface area (Å²) < 4.78 is 0. The highest BCUT2D eigenvalue weighted by Gasteiger charge is 2.27. The Morgan fingerprint density at radius 1 is 1.24 bits per heavy atom. The predicted molar refractivity (Wildman–Crippen MR) is 89.3 cm³/mol. The van der Waals surface area contributed by atoms with Crippen LogP contribution in [0.5, 0.6) is 0 Å². The monoisotopic (exact) mass is 290 g/mol. The Morgan fingerprint density at radius 3 is 2.29 bits per heavy atom. The van der Waals surface area contributed by atoms with Gasteiger partial charge in [-0.15, -0.1) is 0 Å². The van der Waals surface area contributed by atoms with E-state index in [1.54, 1.807) is 6.92 Å². The van der Waals surface area contributed by atoms with E-state index >= 15 is 0 Å². The number of carbonyl (C=O) groups is 1. The van der Waals surface area contributed by atoms with Crippen molar-refractivity contribution >= 4 is 5.91 Å². The van der Waals surface area contributed by atoms with Gasteiger partial charge >= 0.3 is 0 Å². The van der Waals surface area contributed by atoms with Crippen molar-refractivity contribution < 1.29 is 4.79 Å². The van der Waals surface area contributed by atoms with Crippen molar-refractivity contribution in [2.24, 2.45) is 5.73 Å². The molecule has 3 nitrogen and oxygen atoms in total. The number of amides is 1. The molecule has 0 radical (unpaired) electrons. The van der Waals surface area contributed by atoms with Crippen molar-refractivity contribution in [2.45, 2.75) is 71.4 Å². The van der Waals surface area contributed by atoms with E-state index in [0.29, 0.717) is 12.3 Å². The van der Waals surface area contributed by atoms with Gasteiger partial charge < -0.3 is 11.1 Å². The summed E-state index contributed by atoms with van der Waals surface area (Å²) in [6, 6.07) is 8.71. The third-order valence-corrected chi connectivity index (χ3v) is 3.85. The Morgan fingerprint density at radius 2 is 1.81 bits per heavy atom. The largest absolute Gasteiger partial charge is 0.352 e. The number of hydrogen-bond donors (Lipinski definition) is 2. The van der Waals surface area contributed by atoms with Crippen LogP contribution in [0.2, 0.25) is 0 Å². The smallest absolute Gasteiger partial charge is 0.240 e. The summed E-state index contributed by atoms with van der Waals surface area (Å²) in [7, 11) is 0. The van der Waals surface area contributed by atoms with Gasteiger partial charge in [-0.25, -0.2) is 0 Å². The Labute approximate surface area is 129 Å². The molecule has 0 bridgehead atoms. The molecule has 0 aromatic heterocycles. The maximum atomic E-state index is 12.2. The lowest BCUT2D eigenvalue weighted by Crippen LogP contribution is -2.53. The van der Waals surface area contributed by atoms with Crippen molar-refractivity contribution in [3.05, 3.63) is 35.4 Å². The molecule has 0 saturated heterocycles. The molecule has 0 saturated carbocycles. The van der Waals surface area contributed by atoms with Crippen molar-refractivity contribution in [1.82, 2.24) is 5.32 Å². The van der Waals surface area contributed by atoms with E-state index in [-0.39, 0.29) is 11.9 Å². The second kappa shape index (κ2) is 7.60. The second-order valence-corrected chi connectivity index (χ2v) is 6.64. The van der Waals surface area contributed by atoms with Crippen LogP contribution >= 0.6 is 0 Å². The number of hydrogen-bond acceptors (Lipinski definition) is 2. The molecular formula is C18H30N2O. The summed E-state index contributed by atoms with van der Waals surface area (Å²) in [5.74, 6) is 0.485. The Kier molecular flexibility index (Phi) is 6.41. The van der Waals surface area contributed by atoms with Gasteiger partial charge in [0.2, 0.25) is 5.91 Å². The van der Waals surface area contributed by atoms with Crippen molar-refractivity contribution in [1.29, 1.82) is 0 Å². The Bertz CT molecular complexity index is 449. The molecule has 0 aliphatic rings. The molecule has 1 rings (SSSR count). The molecule has 3 heteroatoms. The predicted octanol–water partition coefficient (Wildman–Crippen LogP) is 3.37. The van der Waals surface area contributed by atoms with Crippen LogP contribution in [0.4, 0.5) is 0 Å². The fourth-order valence-corrected chi connectivity index (χ4v) is 2.46. The summed E-state index contributed by atoms with van der Waals surface area (Å²) in [5, 5.41) is 3.03. The Hall–Kier alpha value is -1.35. The van der Waals surface area contributed by atoms with Crippen molar-refractivity contribution in [3.8, 4) is 0 Å². The van der Waals surface area contributed by atoms with E-state index in [4.69, 9.17) is 5.73 Å². The second-order valence-electron chi connectivity index (χ2n) is 6.64. The molecule has 2 atom stereocenters. The minimum atomic E-state index is -0.773. The van der Waals surface area contributed by atoms with E-state index in [0.717, 1.165) is 12.8 Å². The molecule has 21 heavy (non-hydrogen) atoms.